The van der Waals surface area contributed by atoms with E-state index in [9.17, 15) is 0 Å². The molecule has 0 saturated carbocycles. The van der Waals surface area contributed by atoms with Crippen LogP contribution in [0.2, 0.25) is 0 Å². The van der Waals surface area contributed by atoms with E-state index >= 15 is 0 Å². The zero-order chi connectivity index (χ0) is 7.21. The zero-order valence-corrected chi connectivity index (χ0v) is 11.1. The summed E-state index contributed by atoms with van der Waals surface area (Å²) >= 11 is -5.25. The fraction of sp³-hybridized carbons (Fsp3) is 0. The maximum atomic E-state index is 8.82. The van der Waals surface area contributed by atoms with Crippen molar-refractivity contribution in [3.05, 3.63) is 4.91 Å². The summed E-state index contributed by atoms with van der Waals surface area (Å²) in [6.07, 6.45) is 0. The molecule has 0 saturated heterocycles. The van der Waals surface area contributed by atoms with Crippen molar-refractivity contribution in [1.29, 1.82) is 0 Å². The maximum Gasteiger partial charge on any atom is 1.00 e. The first-order valence-corrected chi connectivity index (χ1v) is 4.01. The fourth-order valence-electron chi connectivity index (χ4n) is 0. The standard InChI is InChI=1S/HNO2.2Na.H2O4Se.2H/c2-1-3;;;1-5(2,3)4;;/h(H,2,3);;;(H2,1,2,3,4);;/q;2*+1;;2*-1. The van der Waals surface area contributed by atoms with E-state index in [-0.39, 0.29) is 62.0 Å². The first kappa shape index (κ1) is 22.5. The molecule has 0 aromatic heterocycles. The molecule has 10 heavy (non-hydrogen) atoms. The molecule has 0 spiro atoms. The molecule has 0 atom stereocenters. The van der Waals surface area contributed by atoms with Gasteiger partial charge in [0.1, 0.15) is 0 Å². The van der Waals surface area contributed by atoms with Gasteiger partial charge in [-0.2, -0.15) is 0 Å². The third-order valence-electron chi connectivity index (χ3n) is 0. The monoisotopic (exact) mass is 241 g/mol. The normalized spacial score (nSPS) is 7.00. The molecule has 0 bridgehead atoms. The largest absolute Gasteiger partial charge is 1.00 e. The Morgan fingerprint density at radius 1 is 1.20 bits per heavy atom. The molecule has 3 N–H and O–H groups in total. The van der Waals surface area contributed by atoms with E-state index in [1.807, 2.05) is 0 Å². The van der Waals surface area contributed by atoms with E-state index in [1.165, 1.54) is 5.34 Å². The minimum atomic E-state index is -5.25. The van der Waals surface area contributed by atoms with Crippen molar-refractivity contribution in [2.24, 2.45) is 5.34 Å². The van der Waals surface area contributed by atoms with Gasteiger partial charge < -0.3 is 8.06 Å². The summed E-state index contributed by atoms with van der Waals surface area (Å²) in [7, 11) is 0. The molecule has 0 fully saturated rings. The summed E-state index contributed by atoms with van der Waals surface area (Å²) in [5.41, 5.74) is 0. The molecule has 0 aromatic carbocycles. The van der Waals surface area contributed by atoms with Gasteiger partial charge in [-0.1, -0.05) is 0 Å². The molecule has 0 unspecified atom stereocenters. The van der Waals surface area contributed by atoms with Gasteiger partial charge in [0.2, 0.25) is 0 Å². The van der Waals surface area contributed by atoms with Crippen LogP contribution in [0, 0.1) is 4.91 Å². The summed E-state index contributed by atoms with van der Waals surface area (Å²) < 4.78 is 31.9. The second kappa shape index (κ2) is 13.1. The van der Waals surface area contributed by atoms with Crippen molar-refractivity contribution in [2.75, 3.05) is 0 Å². The predicted molar refractivity (Wildman–Crippen MR) is 21.4 cm³/mol. The van der Waals surface area contributed by atoms with Gasteiger partial charge in [0.15, 0.2) is 5.34 Å². The Kier molecular flexibility index (Phi) is 29.4. The number of hydrogen-bond acceptors (Lipinski definition) is 4. The van der Waals surface area contributed by atoms with Gasteiger partial charge in [-0.15, -0.1) is 4.91 Å². The van der Waals surface area contributed by atoms with Crippen LogP contribution in [-0.4, -0.2) is 27.0 Å². The smallest absolute Gasteiger partial charge is 1.00 e. The molecule has 0 rings (SSSR count). The number of nitrogens with zero attached hydrogens (tertiary/aromatic N) is 1. The van der Waals surface area contributed by atoms with Crippen LogP contribution in [0.25, 0.3) is 0 Å². The minimum absolute atomic E-state index is 0. The van der Waals surface area contributed by atoms with Crippen LogP contribution in [0.5, 0.6) is 0 Å². The number of hydrogen-bond donors (Lipinski definition) is 3. The van der Waals surface area contributed by atoms with Gasteiger partial charge in [0, 0.05) is 0 Å². The Balaban J connectivity index is -0.0000000119. The van der Waals surface area contributed by atoms with Crippen molar-refractivity contribution in [1.82, 2.24) is 0 Å². The van der Waals surface area contributed by atoms with Gasteiger partial charge in [0.25, 0.3) is 0 Å². The van der Waals surface area contributed by atoms with Gasteiger partial charge in [0.05, 0.1) is 0 Å². The Morgan fingerprint density at radius 2 is 1.20 bits per heavy atom. The van der Waals surface area contributed by atoms with Crippen molar-refractivity contribution in [3.63, 3.8) is 0 Å². The fourth-order valence-corrected chi connectivity index (χ4v) is 0. The molecular formula is H5NNa2O6Se. The molecule has 0 amide bonds. The second-order valence-electron chi connectivity index (χ2n) is 0.529. The molecule has 10 heteroatoms. The summed E-state index contributed by atoms with van der Waals surface area (Å²) in [6, 6.07) is 0. The van der Waals surface area contributed by atoms with Crippen LogP contribution in [0.15, 0.2) is 5.34 Å². The minimum Gasteiger partial charge on any atom is -1.00 e. The topological polar surface area (TPSA) is 124 Å². The van der Waals surface area contributed by atoms with Gasteiger partial charge in [-0.3, -0.25) is 0 Å². The molecule has 7 nitrogen and oxygen atoms in total. The predicted octanol–water partition coefficient (Wildman–Crippen LogP) is -7.36. The van der Waals surface area contributed by atoms with Crippen LogP contribution in [0.4, 0.5) is 0 Å². The van der Waals surface area contributed by atoms with Gasteiger partial charge >= 0.3 is 88.5 Å². The average molecular weight is 240 g/mol. The third-order valence-corrected chi connectivity index (χ3v) is 0. The van der Waals surface area contributed by atoms with E-state index in [0.717, 1.165) is 0 Å². The Hall–Kier alpha value is 1.44. The molecular weight excluding hydrogens is 235 g/mol. The molecule has 0 aliphatic heterocycles. The van der Waals surface area contributed by atoms with Crippen molar-refractivity contribution >= 4 is 13.4 Å². The van der Waals surface area contributed by atoms with Crippen molar-refractivity contribution < 1.29 is 83.2 Å². The summed E-state index contributed by atoms with van der Waals surface area (Å²) in [5.74, 6) is 0. The molecule has 0 aliphatic rings. The molecule has 0 radical (unpaired) electrons. The van der Waals surface area contributed by atoms with Crippen LogP contribution in [0.3, 0.4) is 0 Å². The van der Waals surface area contributed by atoms with Crippen LogP contribution >= 0.6 is 0 Å². The van der Waals surface area contributed by atoms with Crippen LogP contribution < -0.4 is 59.1 Å². The SMILES string of the molecule is O=NO.O=[Se](=O)(O)O.[H-].[H-].[Na+].[Na+]. The maximum absolute atomic E-state index is 8.82. The molecule has 0 heterocycles. The quantitative estimate of drug-likeness (QED) is 0.219. The van der Waals surface area contributed by atoms with Crippen LogP contribution in [-0.2, 0) is 7.67 Å². The van der Waals surface area contributed by atoms with Gasteiger partial charge in [-0.05, 0) is 0 Å². The molecule has 0 aromatic rings. The van der Waals surface area contributed by atoms with Crippen LogP contribution in [0.1, 0.15) is 2.85 Å². The molecule has 0 aliphatic carbocycles. The van der Waals surface area contributed by atoms with Crippen molar-refractivity contribution in [2.45, 2.75) is 0 Å². The number of rotatable bonds is 0. The molecule has 54 valence electrons. The van der Waals surface area contributed by atoms with E-state index in [4.69, 9.17) is 26.2 Å². The summed E-state index contributed by atoms with van der Waals surface area (Å²) in [6.45, 7) is 0. The van der Waals surface area contributed by atoms with E-state index in [1.54, 1.807) is 0 Å². The summed E-state index contributed by atoms with van der Waals surface area (Å²) in [5, 5.41) is 7.89. The van der Waals surface area contributed by atoms with E-state index < -0.39 is 13.4 Å². The zero-order valence-electron chi connectivity index (χ0n) is 7.42. The third kappa shape index (κ3) is 324. The van der Waals surface area contributed by atoms with E-state index in [0.29, 0.717) is 0 Å². The Bertz CT molecular complexity index is 138. The van der Waals surface area contributed by atoms with Crippen molar-refractivity contribution in [3.8, 4) is 0 Å². The first-order chi connectivity index (χ1) is 3.41. The van der Waals surface area contributed by atoms with E-state index in [2.05, 4.69) is 0 Å². The van der Waals surface area contributed by atoms with Gasteiger partial charge in [-0.25, -0.2) is 0 Å². The Labute approximate surface area is 106 Å². The Morgan fingerprint density at radius 3 is 1.20 bits per heavy atom. The second-order valence-corrected chi connectivity index (χ2v) is 2.41. The summed E-state index contributed by atoms with van der Waals surface area (Å²) in [4.78, 5) is 8.11. The first-order valence-electron chi connectivity index (χ1n) is 1.08. The average Bonchev–Trinajstić information content (AvgIpc) is 1.27.